The molecule has 2 bridgehead atoms. The maximum absolute atomic E-state index is 13.4. The third kappa shape index (κ3) is 3.47. The SMILES string of the molecule is CCOC(=O)c1cccc(NC(=O)C2[C@H]3C(=O)N(c4ccc(OC)cc4)C[C@@]34C=C[C@H]2O4)c1. The van der Waals surface area contributed by atoms with Gasteiger partial charge in [0.15, 0.2) is 0 Å². The molecule has 2 saturated heterocycles. The summed E-state index contributed by atoms with van der Waals surface area (Å²) in [4.78, 5) is 40.4. The summed E-state index contributed by atoms with van der Waals surface area (Å²) >= 11 is 0. The number of carbonyl (C=O) groups excluding carboxylic acids is 3. The quantitative estimate of drug-likeness (QED) is 0.540. The van der Waals surface area contributed by atoms with Crippen molar-refractivity contribution in [2.45, 2.75) is 18.6 Å². The van der Waals surface area contributed by atoms with E-state index in [-0.39, 0.29) is 18.4 Å². The van der Waals surface area contributed by atoms with Crippen molar-refractivity contribution < 1.29 is 28.6 Å². The first-order chi connectivity index (χ1) is 16.0. The molecule has 3 aliphatic rings. The van der Waals surface area contributed by atoms with E-state index in [9.17, 15) is 14.4 Å². The molecule has 0 aliphatic carbocycles. The molecular weight excluding hydrogens is 424 g/mol. The zero-order valence-corrected chi connectivity index (χ0v) is 18.3. The number of carbonyl (C=O) groups is 3. The van der Waals surface area contributed by atoms with Crippen molar-refractivity contribution in [2.24, 2.45) is 11.8 Å². The van der Waals surface area contributed by atoms with E-state index in [1.54, 1.807) is 55.3 Å². The minimum absolute atomic E-state index is 0.146. The van der Waals surface area contributed by atoms with Crippen LogP contribution in [0, 0.1) is 11.8 Å². The monoisotopic (exact) mass is 448 g/mol. The lowest BCUT2D eigenvalue weighted by Crippen LogP contribution is -2.41. The topological polar surface area (TPSA) is 94.2 Å². The Balaban J connectivity index is 1.37. The largest absolute Gasteiger partial charge is 0.497 e. The van der Waals surface area contributed by atoms with E-state index in [0.29, 0.717) is 23.5 Å². The van der Waals surface area contributed by atoms with Crippen molar-refractivity contribution in [2.75, 3.05) is 30.5 Å². The average molecular weight is 448 g/mol. The number of nitrogens with one attached hydrogen (secondary N) is 1. The molecule has 33 heavy (non-hydrogen) atoms. The number of fused-ring (bicyclic) bond motifs is 1. The predicted octanol–water partition coefficient (Wildman–Crippen LogP) is 2.80. The van der Waals surface area contributed by atoms with E-state index in [1.807, 2.05) is 24.3 Å². The normalized spacial score (nSPS) is 26.9. The molecular formula is C25H24N2O6. The van der Waals surface area contributed by atoms with E-state index in [4.69, 9.17) is 14.2 Å². The molecule has 1 spiro atoms. The number of hydrogen-bond acceptors (Lipinski definition) is 6. The van der Waals surface area contributed by atoms with Gasteiger partial charge >= 0.3 is 5.97 Å². The second-order valence-corrected chi connectivity index (χ2v) is 8.31. The Morgan fingerprint density at radius 1 is 1.21 bits per heavy atom. The average Bonchev–Trinajstić information content (AvgIpc) is 3.47. The predicted molar refractivity (Wildman–Crippen MR) is 120 cm³/mol. The second-order valence-electron chi connectivity index (χ2n) is 8.31. The van der Waals surface area contributed by atoms with Crippen LogP contribution in [-0.2, 0) is 19.1 Å². The van der Waals surface area contributed by atoms with E-state index < -0.39 is 29.5 Å². The Morgan fingerprint density at radius 2 is 2.00 bits per heavy atom. The summed E-state index contributed by atoms with van der Waals surface area (Å²) in [6, 6.07) is 13.8. The summed E-state index contributed by atoms with van der Waals surface area (Å²) in [5.74, 6) is -1.52. The molecule has 3 heterocycles. The second kappa shape index (κ2) is 8.04. The summed E-state index contributed by atoms with van der Waals surface area (Å²) in [6.45, 7) is 2.34. The number of benzene rings is 2. The van der Waals surface area contributed by atoms with Gasteiger partial charge in [-0.15, -0.1) is 0 Å². The Labute approximate surface area is 191 Å². The molecule has 170 valence electrons. The third-order valence-electron chi connectivity index (χ3n) is 6.43. The number of amides is 2. The third-order valence-corrected chi connectivity index (χ3v) is 6.43. The van der Waals surface area contributed by atoms with Crippen LogP contribution in [-0.4, -0.2) is 49.8 Å². The van der Waals surface area contributed by atoms with Gasteiger partial charge in [0.05, 0.1) is 43.8 Å². The maximum atomic E-state index is 13.4. The van der Waals surface area contributed by atoms with Crippen LogP contribution in [0.4, 0.5) is 11.4 Å². The van der Waals surface area contributed by atoms with Gasteiger partial charge in [0.1, 0.15) is 11.4 Å². The minimum atomic E-state index is -0.823. The molecule has 1 unspecified atom stereocenters. The lowest BCUT2D eigenvalue weighted by molar-refractivity contribution is -0.128. The zero-order valence-electron chi connectivity index (χ0n) is 18.3. The zero-order chi connectivity index (χ0) is 23.2. The van der Waals surface area contributed by atoms with Gasteiger partial charge in [-0.1, -0.05) is 18.2 Å². The van der Waals surface area contributed by atoms with E-state index in [2.05, 4.69) is 5.32 Å². The Bertz CT molecular complexity index is 1140. The van der Waals surface area contributed by atoms with Gasteiger partial charge in [-0.3, -0.25) is 9.59 Å². The number of rotatable bonds is 6. The summed E-state index contributed by atoms with van der Waals surface area (Å²) in [5, 5.41) is 2.86. The Kier molecular flexibility index (Phi) is 5.17. The van der Waals surface area contributed by atoms with Gasteiger partial charge in [0.2, 0.25) is 11.8 Å². The Morgan fingerprint density at radius 3 is 2.73 bits per heavy atom. The number of hydrogen-bond donors (Lipinski definition) is 1. The lowest BCUT2D eigenvalue weighted by atomic mass is 9.76. The molecule has 1 N–H and O–H groups in total. The fourth-order valence-corrected chi connectivity index (χ4v) is 4.94. The summed E-state index contributed by atoms with van der Waals surface area (Å²) in [7, 11) is 1.59. The molecule has 4 atom stereocenters. The molecule has 2 amide bonds. The number of ether oxygens (including phenoxy) is 3. The molecule has 2 aromatic rings. The van der Waals surface area contributed by atoms with Crippen molar-refractivity contribution in [3.8, 4) is 5.75 Å². The van der Waals surface area contributed by atoms with E-state index in [1.165, 1.54) is 0 Å². The summed E-state index contributed by atoms with van der Waals surface area (Å²) in [5.41, 5.74) is 0.712. The van der Waals surface area contributed by atoms with E-state index >= 15 is 0 Å². The number of nitrogens with zero attached hydrogens (tertiary/aromatic N) is 1. The van der Waals surface area contributed by atoms with Crippen LogP contribution in [0.1, 0.15) is 17.3 Å². The first-order valence-electron chi connectivity index (χ1n) is 10.9. The molecule has 0 radical (unpaired) electrons. The molecule has 3 aliphatic heterocycles. The van der Waals surface area contributed by atoms with Crippen molar-refractivity contribution in [1.29, 1.82) is 0 Å². The smallest absolute Gasteiger partial charge is 0.338 e. The highest BCUT2D eigenvalue weighted by molar-refractivity contribution is 6.05. The number of esters is 1. The van der Waals surface area contributed by atoms with Gasteiger partial charge in [0, 0.05) is 11.4 Å². The van der Waals surface area contributed by atoms with Gasteiger partial charge in [-0.25, -0.2) is 4.79 Å². The molecule has 0 aromatic heterocycles. The first-order valence-corrected chi connectivity index (χ1v) is 10.9. The highest BCUT2D eigenvalue weighted by Crippen LogP contribution is 2.52. The van der Waals surface area contributed by atoms with Crippen molar-refractivity contribution >= 4 is 29.2 Å². The molecule has 8 heteroatoms. The highest BCUT2D eigenvalue weighted by Gasteiger charge is 2.67. The van der Waals surface area contributed by atoms with Crippen LogP contribution in [0.2, 0.25) is 0 Å². The van der Waals surface area contributed by atoms with Crippen LogP contribution in [0.15, 0.2) is 60.7 Å². The maximum Gasteiger partial charge on any atom is 0.338 e. The van der Waals surface area contributed by atoms with Crippen LogP contribution in [0.5, 0.6) is 5.75 Å². The van der Waals surface area contributed by atoms with Crippen LogP contribution < -0.4 is 15.0 Å². The number of methoxy groups -OCH3 is 1. The van der Waals surface area contributed by atoms with Crippen LogP contribution in [0.25, 0.3) is 0 Å². The van der Waals surface area contributed by atoms with Crippen LogP contribution >= 0.6 is 0 Å². The lowest BCUT2D eigenvalue weighted by Gasteiger charge is -2.23. The van der Waals surface area contributed by atoms with Gasteiger partial charge in [0.25, 0.3) is 0 Å². The highest BCUT2D eigenvalue weighted by atomic mass is 16.5. The van der Waals surface area contributed by atoms with Gasteiger partial charge < -0.3 is 24.4 Å². The van der Waals surface area contributed by atoms with Crippen molar-refractivity contribution in [1.82, 2.24) is 0 Å². The fraction of sp³-hybridized carbons (Fsp3) is 0.320. The first kappa shape index (κ1) is 21.2. The fourth-order valence-electron chi connectivity index (χ4n) is 4.94. The molecule has 8 nitrogen and oxygen atoms in total. The molecule has 2 aromatic carbocycles. The van der Waals surface area contributed by atoms with Crippen LogP contribution in [0.3, 0.4) is 0 Å². The van der Waals surface area contributed by atoms with Crippen molar-refractivity contribution in [3.63, 3.8) is 0 Å². The van der Waals surface area contributed by atoms with Crippen molar-refractivity contribution in [3.05, 3.63) is 66.2 Å². The Hall–Kier alpha value is -3.65. The summed E-state index contributed by atoms with van der Waals surface area (Å²) in [6.07, 6.45) is 3.31. The molecule has 0 saturated carbocycles. The molecule has 5 rings (SSSR count). The number of anilines is 2. The van der Waals surface area contributed by atoms with Gasteiger partial charge in [-0.2, -0.15) is 0 Å². The van der Waals surface area contributed by atoms with Gasteiger partial charge in [-0.05, 0) is 49.4 Å². The standard InChI is InChI=1S/C25H24N2O6/c1-3-32-24(30)15-5-4-6-16(13-15)26-22(28)20-19-11-12-25(33-19)14-27(23(29)21(20)25)17-7-9-18(31-2)10-8-17/h4-13,19-21H,3,14H2,1-2H3,(H,26,28)/t19-,20?,21+,25+/m1/s1. The summed E-state index contributed by atoms with van der Waals surface area (Å²) < 4.78 is 16.4. The molecule has 2 fully saturated rings. The minimum Gasteiger partial charge on any atom is -0.497 e. The van der Waals surface area contributed by atoms with E-state index in [0.717, 1.165) is 5.69 Å².